The highest BCUT2D eigenvalue weighted by Gasteiger charge is 2.32. The lowest BCUT2D eigenvalue weighted by Gasteiger charge is -2.29. The largest absolute Gasteiger partial charge is 0.334 e. The highest BCUT2D eigenvalue weighted by atomic mass is 32.2. The number of aryl methyl sites for hydroxylation is 2. The molecule has 0 unspecified atom stereocenters. The van der Waals surface area contributed by atoms with Gasteiger partial charge in [0.05, 0.1) is 4.90 Å². The van der Waals surface area contributed by atoms with E-state index in [2.05, 4.69) is 10.1 Å². The topological polar surface area (TPSA) is 76.3 Å². The summed E-state index contributed by atoms with van der Waals surface area (Å²) in [6, 6.07) is 15.3. The third kappa shape index (κ3) is 3.49. The summed E-state index contributed by atoms with van der Waals surface area (Å²) in [6.45, 7) is 0.943. The highest BCUT2D eigenvalue weighted by molar-refractivity contribution is 7.89. The molecule has 1 fully saturated rings. The Hall–Kier alpha value is -2.51. The van der Waals surface area contributed by atoms with E-state index in [1.165, 1.54) is 11.1 Å². The second-order valence-electron chi connectivity index (χ2n) is 7.79. The second-order valence-corrected chi connectivity index (χ2v) is 9.72. The first-order valence-electron chi connectivity index (χ1n) is 10.1. The van der Waals surface area contributed by atoms with Crippen molar-refractivity contribution in [2.24, 2.45) is 0 Å². The molecule has 7 heteroatoms. The number of nitrogens with zero attached hydrogens (tertiary/aromatic N) is 3. The first kappa shape index (κ1) is 18.5. The van der Waals surface area contributed by atoms with Gasteiger partial charge in [-0.2, -0.15) is 9.29 Å². The van der Waals surface area contributed by atoms with Gasteiger partial charge in [-0.3, -0.25) is 0 Å². The van der Waals surface area contributed by atoms with Crippen LogP contribution in [0.15, 0.2) is 57.9 Å². The molecule has 29 heavy (non-hydrogen) atoms. The van der Waals surface area contributed by atoms with E-state index in [0.717, 1.165) is 24.8 Å². The maximum Gasteiger partial charge on any atom is 0.257 e. The molecule has 0 saturated carbocycles. The van der Waals surface area contributed by atoms with E-state index < -0.39 is 10.0 Å². The van der Waals surface area contributed by atoms with Gasteiger partial charge in [-0.1, -0.05) is 29.4 Å². The third-order valence-electron chi connectivity index (χ3n) is 5.99. The fourth-order valence-corrected chi connectivity index (χ4v) is 5.83. The summed E-state index contributed by atoms with van der Waals surface area (Å²) >= 11 is 0. The summed E-state index contributed by atoms with van der Waals surface area (Å²) in [5.74, 6) is 1.29. The summed E-state index contributed by atoms with van der Waals surface area (Å²) in [4.78, 5) is 4.96. The van der Waals surface area contributed by atoms with E-state index in [4.69, 9.17) is 4.52 Å². The van der Waals surface area contributed by atoms with Gasteiger partial charge in [-0.25, -0.2) is 8.42 Å². The van der Waals surface area contributed by atoms with Crippen molar-refractivity contribution in [1.82, 2.24) is 14.4 Å². The number of benzene rings is 2. The molecular weight excluding hydrogens is 386 g/mol. The smallest absolute Gasteiger partial charge is 0.257 e. The molecule has 2 aliphatic rings. The number of fused-ring (bicyclic) bond motifs is 1. The van der Waals surface area contributed by atoms with Gasteiger partial charge in [0.25, 0.3) is 5.89 Å². The maximum absolute atomic E-state index is 13.1. The normalized spacial score (nSPS) is 18.1. The van der Waals surface area contributed by atoms with Crippen LogP contribution in [0.3, 0.4) is 0 Å². The molecule has 1 saturated heterocycles. The summed E-state index contributed by atoms with van der Waals surface area (Å²) in [6.07, 6.45) is 4.52. The second kappa shape index (κ2) is 7.39. The van der Waals surface area contributed by atoms with Crippen molar-refractivity contribution in [2.45, 2.75) is 42.9 Å². The number of piperidine rings is 1. The zero-order chi connectivity index (χ0) is 19.8. The lowest BCUT2D eigenvalue weighted by molar-refractivity contribution is 0.307. The van der Waals surface area contributed by atoms with Gasteiger partial charge < -0.3 is 4.52 Å². The Morgan fingerprint density at radius 2 is 1.72 bits per heavy atom. The van der Waals surface area contributed by atoms with Crippen molar-refractivity contribution in [3.8, 4) is 11.5 Å². The van der Waals surface area contributed by atoms with E-state index in [1.807, 2.05) is 42.5 Å². The van der Waals surface area contributed by atoms with Crippen LogP contribution in [-0.4, -0.2) is 36.0 Å². The summed E-state index contributed by atoms with van der Waals surface area (Å²) in [7, 11) is -3.46. The van der Waals surface area contributed by atoms with E-state index >= 15 is 0 Å². The fourth-order valence-electron chi connectivity index (χ4n) is 4.31. The molecule has 1 aliphatic heterocycles. The van der Waals surface area contributed by atoms with Gasteiger partial charge in [-0.15, -0.1) is 0 Å². The Morgan fingerprint density at radius 3 is 2.52 bits per heavy atom. The van der Waals surface area contributed by atoms with Crippen molar-refractivity contribution in [2.75, 3.05) is 13.1 Å². The van der Waals surface area contributed by atoms with Gasteiger partial charge in [0.15, 0.2) is 5.82 Å². The molecule has 0 N–H and O–H groups in total. The zero-order valence-corrected chi connectivity index (χ0v) is 16.9. The Kier molecular flexibility index (Phi) is 4.72. The van der Waals surface area contributed by atoms with Crippen LogP contribution in [0, 0.1) is 0 Å². The average Bonchev–Trinajstić information content (AvgIpc) is 3.44. The molecule has 150 valence electrons. The summed E-state index contributed by atoms with van der Waals surface area (Å²) in [5.41, 5.74) is 3.36. The van der Waals surface area contributed by atoms with Crippen LogP contribution >= 0.6 is 0 Å². The van der Waals surface area contributed by atoms with Crippen molar-refractivity contribution >= 4 is 10.0 Å². The van der Waals surface area contributed by atoms with Crippen molar-refractivity contribution in [3.05, 3.63) is 65.5 Å². The van der Waals surface area contributed by atoms with Crippen LogP contribution < -0.4 is 0 Å². The molecule has 0 bridgehead atoms. The minimum atomic E-state index is -3.46. The number of rotatable bonds is 4. The fraction of sp³-hybridized carbons (Fsp3) is 0.364. The maximum atomic E-state index is 13.1. The first-order valence-corrected chi connectivity index (χ1v) is 11.6. The SMILES string of the molecule is O=S(=O)(c1ccc2c(c1)CCC2)N1CCC(c2noc(-c3ccccc3)n2)CC1. The predicted molar refractivity (Wildman–Crippen MR) is 109 cm³/mol. The van der Waals surface area contributed by atoms with Crippen LogP contribution in [-0.2, 0) is 22.9 Å². The van der Waals surface area contributed by atoms with Crippen LogP contribution in [0.2, 0.25) is 0 Å². The Bertz CT molecular complexity index is 1120. The molecule has 2 heterocycles. The molecule has 1 aromatic heterocycles. The van der Waals surface area contributed by atoms with Crippen LogP contribution in [0.1, 0.15) is 42.1 Å². The summed E-state index contributed by atoms with van der Waals surface area (Å²) in [5, 5.41) is 4.15. The molecule has 2 aromatic carbocycles. The predicted octanol–water partition coefficient (Wildman–Crippen LogP) is 3.79. The monoisotopic (exact) mass is 409 g/mol. The Balaban J connectivity index is 1.28. The lowest BCUT2D eigenvalue weighted by Crippen LogP contribution is -2.38. The van der Waals surface area contributed by atoms with Crippen molar-refractivity contribution in [1.29, 1.82) is 0 Å². The Morgan fingerprint density at radius 1 is 0.966 bits per heavy atom. The van der Waals surface area contributed by atoms with Crippen LogP contribution in [0.5, 0.6) is 0 Å². The number of hydrogen-bond acceptors (Lipinski definition) is 5. The van der Waals surface area contributed by atoms with Crippen LogP contribution in [0.25, 0.3) is 11.5 Å². The van der Waals surface area contributed by atoms with Gasteiger partial charge in [0.1, 0.15) is 0 Å². The van der Waals surface area contributed by atoms with E-state index in [0.29, 0.717) is 42.5 Å². The number of hydrogen-bond donors (Lipinski definition) is 0. The first-order chi connectivity index (χ1) is 14.1. The molecule has 6 nitrogen and oxygen atoms in total. The molecule has 0 spiro atoms. The Labute approximate surface area is 170 Å². The molecule has 3 aromatic rings. The highest BCUT2D eigenvalue weighted by Crippen LogP contribution is 2.32. The van der Waals surface area contributed by atoms with Gasteiger partial charge in [0.2, 0.25) is 10.0 Å². The minimum Gasteiger partial charge on any atom is -0.334 e. The van der Waals surface area contributed by atoms with Gasteiger partial charge in [-0.05, 0) is 67.5 Å². The summed E-state index contributed by atoms with van der Waals surface area (Å²) < 4.78 is 33.2. The number of aromatic nitrogens is 2. The van der Waals surface area contributed by atoms with Crippen LogP contribution in [0.4, 0.5) is 0 Å². The van der Waals surface area contributed by atoms with Crippen molar-refractivity contribution in [3.63, 3.8) is 0 Å². The average molecular weight is 410 g/mol. The number of sulfonamides is 1. The quantitative estimate of drug-likeness (QED) is 0.655. The van der Waals surface area contributed by atoms with Gasteiger partial charge >= 0.3 is 0 Å². The van der Waals surface area contributed by atoms with E-state index in [-0.39, 0.29) is 5.92 Å². The third-order valence-corrected chi connectivity index (χ3v) is 7.88. The standard InChI is InChI=1S/C22H23N3O3S/c26-29(27,20-10-9-16-7-4-8-19(16)15-20)25-13-11-17(12-14-25)21-23-22(28-24-21)18-5-2-1-3-6-18/h1-3,5-6,9-10,15,17H,4,7-8,11-14H2. The molecule has 0 radical (unpaired) electrons. The zero-order valence-electron chi connectivity index (χ0n) is 16.1. The molecule has 5 rings (SSSR count). The molecule has 1 aliphatic carbocycles. The van der Waals surface area contributed by atoms with Gasteiger partial charge in [0, 0.05) is 24.6 Å². The lowest BCUT2D eigenvalue weighted by atomic mass is 9.97. The minimum absolute atomic E-state index is 0.114. The molecule has 0 atom stereocenters. The van der Waals surface area contributed by atoms with Crippen molar-refractivity contribution < 1.29 is 12.9 Å². The molecular formula is C22H23N3O3S. The molecule has 0 amide bonds. The van der Waals surface area contributed by atoms with E-state index in [9.17, 15) is 8.42 Å². The van der Waals surface area contributed by atoms with E-state index in [1.54, 1.807) is 10.4 Å².